The SMILES string of the molecule is CC(OC(=O)c1ccc(F)c(F)c1)c1cnc2ccccc2c1. The van der Waals surface area contributed by atoms with Crippen LogP contribution in [0.2, 0.25) is 0 Å². The van der Waals surface area contributed by atoms with E-state index in [-0.39, 0.29) is 5.56 Å². The quantitative estimate of drug-likeness (QED) is 0.671. The summed E-state index contributed by atoms with van der Waals surface area (Å²) in [6.45, 7) is 1.70. The van der Waals surface area contributed by atoms with E-state index in [2.05, 4.69) is 4.98 Å². The molecule has 0 saturated carbocycles. The number of para-hydroxylation sites is 1. The molecule has 1 unspecified atom stereocenters. The molecule has 23 heavy (non-hydrogen) atoms. The summed E-state index contributed by atoms with van der Waals surface area (Å²) in [6.07, 6.45) is 1.07. The number of carbonyl (C=O) groups is 1. The Morgan fingerprint density at radius 3 is 2.65 bits per heavy atom. The summed E-state index contributed by atoms with van der Waals surface area (Å²) in [5.74, 6) is -2.81. The standard InChI is InChI=1S/C18H13F2NO2/c1-11(14-8-12-4-2-3-5-17(12)21-10-14)23-18(22)13-6-7-15(19)16(20)9-13/h2-11H,1H3. The molecule has 116 valence electrons. The third-order valence-corrected chi connectivity index (χ3v) is 3.52. The Morgan fingerprint density at radius 1 is 1.09 bits per heavy atom. The largest absolute Gasteiger partial charge is 0.454 e. The van der Waals surface area contributed by atoms with E-state index >= 15 is 0 Å². The number of fused-ring (bicyclic) bond motifs is 1. The maximum absolute atomic E-state index is 13.2. The first-order chi connectivity index (χ1) is 11.0. The van der Waals surface area contributed by atoms with Gasteiger partial charge >= 0.3 is 5.97 Å². The first-order valence-corrected chi connectivity index (χ1v) is 7.05. The zero-order valence-corrected chi connectivity index (χ0v) is 12.3. The lowest BCUT2D eigenvalue weighted by molar-refractivity contribution is 0.0337. The maximum Gasteiger partial charge on any atom is 0.338 e. The van der Waals surface area contributed by atoms with Crippen molar-refractivity contribution in [3.63, 3.8) is 0 Å². The van der Waals surface area contributed by atoms with Crippen LogP contribution >= 0.6 is 0 Å². The lowest BCUT2D eigenvalue weighted by atomic mass is 10.1. The van der Waals surface area contributed by atoms with E-state index in [1.165, 1.54) is 6.07 Å². The van der Waals surface area contributed by atoms with Crippen LogP contribution in [0.5, 0.6) is 0 Å². The summed E-state index contributed by atoms with van der Waals surface area (Å²) in [5.41, 5.74) is 1.53. The first-order valence-electron chi connectivity index (χ1n) is 7.05. The highest BCUT2D eigenvalue weighted by Crippen LogP contribution is 2.22. The molecule has 1 atom stereocenters. The molecule has 0 spiro atoms. The maximum atomic E-state index is 13.2. The van der Waals surface area contributed by atoms with Crippen molar-refractivity contribution in [3.8, 4) is 0 Å². The second-order valence-corrected chi connectivity index (χ2v) is 5.14. The van der Waals surface area contributed by atoms with Crippen molar-refractivity contribution in [1.82, 2.24) is 4.98 Å². The van der Waals surface area contributed by atoms with E-state index in [1.54, 1.807) is 13.1 Å². The molecule has 1 heterocycles. The molecule has 0 aliphatic carbocycles. The van der Waals surface area contributed by atoms with Gasteiger partial charge in [-0.2, -0.15) is 0 Å². The summed E-state index contributed by atoms with van der Waals surface area (Å²) in [7, 11) is 0. The number of carbonyl (C=O) groups excluding carboxylic acids is 1. The van der Waals surface area contributed by atoms with Crippen molar-refractivity contribution >= 4 is 16.9 Å². The summed E-state index contributed by atoms with van der Waals surface area (Å²) < 4.78 is 31.4. The fourth-order valence-electron chi connectivity index (χ4n) is 2.23. The van der Waals surface area contributed by atoms with Crippen molar-refractivity contribution in [2.75, 3.05) is 0 Å². The normalized spacial score (nSPS) is 12.1. The van der Waals surface area contributed by atoms with Crippen molar-refractivity contribution in [1.29, 1.82) is 0 Å². The zero-order valence-electron chi connectivity index (χ0n) is 12.3. The van der Waals surface area contributed by atoms with Crippen LogP contribution in [0.15, 0.2) is 54.7 Å². The number of nitrogens with zero attached hydrogens (tertiary/aromatic N) is 1. The van der Waals surface area contributed by atoms with Crippen LogP contribution in [-0.4, -0.2) is 11.0 Å². The number of hydrogen-bond acceptors (Lipinski definition) is 3. The van der Waals surface area contributed by atoms with E-state index in [1.807, 2.05) is 30.3 Å². The van der Waals surface area contributed by atoms with Gasteiger partial charge in [-0.05, 0) is 37.3 Å². The summed E-state index contributed by atoms with van der Waals surface area (Å²) in [6, 6.07) is 12.4. The number of hydrogen-bond donors (Lipinski definition) is 0. The highest BCUT2D eigenvalue weighted by molar-refractivity contribution is 5.89. The highest BCUT2D eigenvalue weighted by Gasteiger charge is 2.16. The lowest BCUT2D eigenvalue weighted by Gasteiger charge is -2.14. The van der Waals surface area contributed by atoms with Crippen LogP contribution in [0.1, 0.15) is 28.9 Å². The Balaban J connectivity index is 1.80. The molecule has 0 N–H and O–H groups in total. The monoisotopic (exact) mass is 313 g/mol. The van der Waals surface area contributed by atoms with Gasteiger partial charge in [-0.15, -0.1) is 0 Å². The zero-order chi connectivity index (χ0) is 16.4. The molecule has 0 saturated heterocycles. The van der Waals surface area contributed by atoms with Gasteiger partial charge in [0.05, 0.1) is 11.1 Å². The molecule has 3 nitrogen and oxygen atoms in total. The minimum atomic E-state index is -1.08. The molecule has 0 amide bonds. The average Bonchev–Trinajstić information content (AvgIpc) is 2.56. The van der Waals surface area contributed by atoms with Crippen LogP contribution < -0.4 is 0 Å². The molecule has 0 radical (unpaired) electrons. The van der Waals surface area contributed by atoms with Crippen LogP contribution in [0.25, 0.3) is 10.9 Å². The van der Waals surface area contributed by atoms with Gasteiger partial charge in [0.2, 0.25) is 0 Å². The van der Waals surface area contributed by atoms with E-state index in [0.29, 0.717) is 0 Å². The molecule has 3 aromatic rings. The summed E-state index contributed by atoms with van der Waals surface area (Å²) in [4.78, 5) is 16.3. The third kappa shape index (κ3) is 3.18. The van der Waals surface area contributed by atoms with Crippen LogP contribution in [0, 0.1) is 11.6 Å². The van der Waals surface area contributed by atoms with E-state index in [9.17, 15) is 13.6 Å². The number of ether oxygens (including phenoxy) is 1. The molecule has 2 aromatic carbocycles. The van der Waals surface area contributed by atoms with Gasteiger partial charge < -0.3 is 4.74 Å². The van der Waals surface area contributed by atoms with E-state index in [4.69, 9.17) is 4.74 Å². The van der Waals surface area contributed by atoms with Gasteiger partial charge in [0, 0.05) is 17.1 Å². The lowest BCUT2D eigenvalue weighted by Crippen LogP contribution is -2.10. The number of pyridine rings is 1. The smallest absolute Gasteiger partial charge is 0.338 e. The van der Waals surface area contributed by atoms with Gasteiger partial charge in [-0.25, -0.2) is 13.6 Å². The Kier molecular flexibility index (Phi) is 4.02. The van der Waals surface area contributed by atoms with Crippen molar-refractivity contribution in [2.24, 2.45) is 0 Å². The molecule has 5 heteroatoms. The van der Waals surface area contributed by atoms with Crippen molar-refractivity contribution in [3.05, 3.63) is 77.5 Å². The second-order valence-electron chi connectivity index (χ2n) is 5.14. The number of halogens is 2. The fraction of sp³-hybridized carbons (Fsp3) is 0.111. The Labute approximate surface area is 131 Å². The fourth-order valence-corrected chi connectivity index (χ4v) is 2.23. The number of rotatable bonds is 3. The Bertz CT molecular complexity index is 880. The molecule has 1 aromatic heterocycles. The average molecular weight is 313 g/mol. The number of aromatic nitrogens is 1. The topological polar surface area (TPSA) is 39.2 Å². The number of benzene rings is 2. The van der Waals surface area contributed by atoms with E-state index < -0.39 is 23.7 Å². The minimum absolute atomic E-state index is 0.0375. The number of esters is 1. The summed E-state index contributed by atoms with van der Waals surface area (Å²) >= 11 is 0. The third-order valence-electron chi connectivity index (χ3n) is 3.52. The van der Waals surface area contributed by atoms with Crippen LogP contribution in [0.4, 0.5) is 8.78 Å². The molecular weight excluding hydrogens is 300 g/mol. The Morgan fingerprint density at radius 2 is 1.87 bits per heavy atom. The summed E-state index contributed by atoms with van der Waals surface area (Å²) in [5, 5.41) is 0.931. The van der Waals surface area contributed by atoms with Crippen molar-refractivity contribution < 1.29 is 18.3 Å². The predicted molar refractivity (Wildman–Crippen MR) is 81.9 cm³/mol. The van der Waals surface area contributed by atoms with Gasteiger partial charge in [-0.1, -0.05) is 18.2 Å². The molecular formula is C18H13F2NO2. The Hall–Kier alpha value is -2.82. The van der Waals surface area contributed by atoms with E-state index in [0.717, 1.165) is 28.6 Å². The van der Waals surface area contributed by atoms with Gasteiger partial charge in [0.25, 0.3) is 0 Å². The van der Waals surface area contributed by atoms with Gasteiger partial charge in [0.1, 0.15) is 6.10 Å². The highest BCUT2D eigenvalue weighted by atomic mass is 19.2. The van der Waals surface area contributed by atoms with Crippen LogP contribution in [-0.2, 0) is 4.74 Å². The predicted octanol–water partition coefficient (Wildman–Crippen LogP) is 4.43. The second kappa shape index (κ2) is 6.12. The minimum Gasteiger partial charge on any atom is -0.454 e. The van der Waals surface area contributed by atoms with Crippen molar-refractivity contribution in [2.45, 2.75) is 13.0 Å². The molecule has 3 rings (SSSR count). The molecule has 0 aliphatic rings. The first kappa shape index (κ1) is 15.1. The molecule has 0 bridgehead atoms. The van der Waals surface area contributed by atoms with Gasteiger partial charge in [-0.3, -0.25) is 4.98 Å². The van der Waals surface area contributed by atoms with Gasteiger partial charge in [0.15, 0.2) is 11.6 Å². The molecule has 0 fully saturated rings. The van der Waals surface area contributed by atoms with Crippen LogP contribution in [0.3, 0.4) is 0 Å². The molecule has 0 aliphatic heterocycles.